The molecule has 0 fully saturated rings. The zero-order valence-corrected chi connectivity index (χ0v) is 33.9. The van der Waals surface area contributed by atoms with E-state index in [1.54, 1.807) is 19.2 Å². The van der Waals surface area contributed by atoms with E-state index in [0.29, 0.717) is 71.0 Å². The molecule has 1 N–H and O–H groups in total. The molecule has 0 atom stereocenters. The van der Waals surface area contributed by atoms with Gasteiger partial charge in [0.1, 0.15) is 28.1 Å². The summed E-state index contributed by atoms with van der Waals surface area (Å²) in [6.45, 7) is 24.6. The summed E-state index contributed by atoms with van der Waals surface area (Å²) < 4.78 is 25.2. The van der Waals surface area contributed by atoms with Gasteiger partial charge in [0.05, 0.1) is 25.7 Å². The second kappa shape index (κ2) is 22.5. The molecule has 0 aliphatic rings. The standard InChI is InChI=1S/C44H68N2O6/c1-10-22-45(23-11-2)26-14-16-28-50-36-30-38-41(42(47)34(36)20-18-32(5)6)43(48)40-35(21-19-33(7)8)44(49-9)39(31-37(40)52-38)51-29-17-15-27-46(24-12-3)25-13-4/h18-19,30-31,47H,10-17,20-29H2,1-9H3. The van der Waals surface area contributed by atoms with Crippen molar-refractivity contribution in [1.82, 2.24) is 9.80 Å². The van der Waals surface area contributed by atoms with E-state index in [1.165, 1.54) is 0 Å². The number of phenolic OH excluding ortho intramolecular Hbond substituents is 1. The maximum absolute atomic E-state index is 14.5. The van der Waals surface area contributed by atoms with Crippen molar-refractivity contribution < 1.29 is 23.7 Å². The number of phenols is 1. The first-order chi connectivity index (χ1) is 25.1. The van der Waals surface area contributed by atoms with E-state index in [0.717, 1.165) is 102 Å². The number of hydrogen-bond donors (Lipinski definition) is 1. The number of rotatable bonds is 25. The molecule has 0 bridgehead atoms. The van der Waals surface area contributed by atoms with Crippen LogP contribution in [0.5, 0.6) is 23.0 Å². The Kier molecular flexibility index (Phi) is 18.6. The van der Waals surface area contributed by atoms with Gasteiger partial charge >= 0.3 is 0 Å². The Morgan fingerprint density at radius 1 is 0.673 bits per heavy atom. The molecule has 3 aromatic rings. The number of allylic oxidation sites excluding steroid dienone is 4. The van der Waals surface area contributed by atoms with Crippen LogP contribution in [-0.4, -0.2) is 74.5 Å². The fourth-order valence-electron chi connectivity index (χ4n) is 6.84. The highest BCUT2D eigenvalue weighted by Gasteiger charge is 2.24. The molecule has 290 valence electrons. The fraction of sp³-hybridized carbons (Fsp3) is 0.614. The minimum Gasteiger partial charge on any atom is -0.507 e. The summed E-state index contributed by atoms with van der Waals surface area (Å²) >= 11 is 0. The van der Waals surface area contributed by atoms with Crippen LogP contribution >= 0.6 is 0 Å². The molecule has 8 nitrogen and oxygen atoms in total. The number of fused-ring (bicyclic) bond motifs is 2. The highest BCUT2D eigenvalue weighted by atomic mass is 16.5. The topological polar surface area (TPSA) is 84.6 Å². The third-order valence-electron chi connectivity index (χ3n) is 9.36. The van der Waals surface area contributed by atoms with Crippen LogP contribution in [0.1, 0.15) is 118 Å². The van der Waals surface area contributed by atoms with Crippen LogP contribution in [0.25, 0.3) is 21.9 Å². The molecule has 52 heavy (non-hydrogen) atoms. The van der Waals surface area contributed by atoms with Gasteiger partial charge in [-0.25, -0.2) is 0 Å². The van der Waals surface area contributed by atoms with Gasteiger partial charge in [-0.2, -0.15) is 0 Å². The van der Waals surface area contributed by atoms with Crippen molar-refractivity contribution in [3.05, 3.63) is 56.8 Å². The van der Waals surface area contributed by atoms with Crippen molar-refractivity contribution in [1.29, 1.82) is 0 Å². The Labute approximate surface area is 313 Å². The van der Waals surface area contributed by atoms with Crippen molar-refractivity contribution in [2.24, 2.45) is 0 Å². The number of benzene rings is 2. The van der Waals surface area contributed by atoms with Gasteiger partial charge in [0.2, 0.25) is 5.43 Å². The molecule has 1 aromatic heterocycles. The van der Waals surface area contributed by atoms with Gasteiger partial charge < -0.3 is 33.5 Å². The van der Waals surface area contributed by atoms with Gasteiger partial charge in [-0.05, 0) is 131 Å². The first kappa shape index (κ1) is 42.9. The zero-order chi connectivity index (χ0) is 38.0. The van der Waals surface area contributed by atoms with Crippen LogP contribution in [0.3, 0.4) is 0 Å². The lowest BCUT2D eigenvalue weighted by molar-refractivity contribution is 0.245. The maximum atomic E-state index is 14.5. The molecule has 0 saturated carbocycles. The summed E-state index contributed by atoms with van der Waals surface area (Å²) in [5.74, 6) is 1.52. The van der Waals surface area contributed by atoms with Gasteiger partial charge in [0.15, 0.2) is 11.5 Å². The van der Waals surface area contributed by atoms with Gasteiger partial charge in [0, 0.05) is 23.3 Å². The number of aromatic hydroxyl groups is 1. The first-order valence-corrected chi connectivity index (χ1v) is 19.9. The Balaban J connectivity index is 2.04. The molecule has 2 aromatic carbocycles. The Morgan fingerprint density at radius 2 is 1.13 bits per heavy atom. The van der Waals surface area contributed by atoms with E-state index in [4.69, 9.17) is 18.6 Å². The summed E-state index contributed by atoms with van der Waals surface area (Å²) in [5.41, 5.74) is 3.91. The smallest absolute Gasteiger partial charge is 0.204 e. The minimum atomic E-state index is -0.292. The first-order valence-electron chi connectivity index (χ1n) is 19.9. The lowest BCUT2D eigenvalue weighted by atomic mass is 9.98. The second-order valence-corrected chi connectivity index (χ2v) is 14.5. The fourth-order valence-corrected chi connectivity index (χ4v) is 6.84. The molecule has 8 heteroatoms. The number of nitrogens with zero attached hydrogens (tertiary/aromatic N) is 2. The van der Waals surface area contributed by atoms with Gasteiger partial charge in [-0.1, -0.05) is 51.0 Å². The lowest BCUT2D eigenvalue weighted by Crippen LogP contribution is -2.26. The molecule has 0 aliphatic carbocycles. The summed E-state index contributed by atoms with van der Waals surface area (Å²) in [5, 5.41) is 12.3. The van der Waals surface area contributed by atoms with Crippen molar-refractivity contribution in [2.45, 2.75) is 120 Å². The van der Waals surface area contributed by atoms with E-state index >= 15 is 0 Å². The Morgan fingerprint density at radius 3 is 1.62 bits per heavy atom. The molecule has 1 heterocycles. The average molecular weight is 721 g/mol. The summed E-state index contributed by atoms with van der Waals surface area (Å²) in [7, 11) is 1.61. The number of ether oxygens (including phenoxy) is 3. The second-order valence-electron chi connectivity index (χ2n) is 14.5. The van der Waals surface area contributed by atoms with E-state index in [2.05, 4.69) is 43.6 Å². The largest absolute Gasteiger partial charge is 0.507 e. The monoisotopic (exact) mass is 721 g/mol. The van der Waals surface area contributed by atoms with Gasteiger partial charge in [-0.15, -0.1) is 0 Å². The predicted molar refractivity (Wildman–Crippen MR) is 218 cm³/mol. The van der Waals surface area contributed by atoms with E-state index in [1.807, 2.05) is 33.8 Å². The van der Waals surface area contributed by atoms with Crippen molar-refractivity contribution >= 4 is 21.9 Å². The Hall–Kier alpha value is -3.49. The van der Waals surface area contributed by atoms with Crippen LogP contribution in [0.4, 0.5) is 0 Å². The summed E-state index contributed by atoms with van der Waals surface area (Å²) in [6.07, 6.45) is 13.4. The highest BCUT2D eigenvalue weighted by molar-refractivity contribution is 5.98. The van der Waals surface area contributed by atoms with Crippen molar-refractivity contribution in [3.8, 4) is 23.0 Å². The molecule has 3 rings (SSSR count). The van der Waals surface area contributed by atoms with Crippen LogP contribution < -0.4 is 19.6 Å². The van der Waals surface area contributed by atoms with Crippen LogP contribution in [0.2, 0.25) is 0 Å². The average Bonchev–Trinajstić information content (AvgIpc) is 3.09. The normalized spacial score (nSPS) is 11.5. The van der Waals surface area contributed by atoms with E-state index in [-0.39, 0.29) is 16.6 Å². The number of methoxy groups -OCH3 is 1. The van der Waals surface area contributed by atoms with Crippen LogP contribution in [-0.2, 0) is 12.8 Å². The Bertz CT molecular complexity index is 1650. The highest BCUT2D eigenvalue weighted by Crippen LogP contribution is 2.41. The summed E-state index contributed by atoms with van der Waals surface area (Å²) in [6, 6.07) is 3.55. The number of unbranched alkanes of at least 4 members (excludes halogenated alkanes) is 2. The van der Waals surface area contributed by atoms with Gasteiger partial charge in [0.25, 0.3) is 0 Å². The van der Waals surface area contributed by atoms with E-state index in [9.17, 15) is 9.90 Å². The third kappa shape index (κ3) is 12.3. The lowest BCUT2D eigenvalue weighted by Gasteiger charge is -2.21. The third-order valence-corrected chi connectivity index (χ3v) is 9.36. The molecule has 0 aliphatic heterocycles. The van der Waals surface area contributed by atoms with Crippen LogP contribution in [0, 0.1) is 0 Å². The quantitative estimate of drug-likeness (QED) is 0.0526. The SMILES string of the molecule is CCCN(CCC)CCCCOc1cc2oc3cc(OCCCCN(CCC)CCC)c(OC)c(CC=C(C)C)c3c(=O)c2c(O)c1CC=C(C)C. The molecular formula is C44H68N2O6. The predicted octanol–water partition coefficient (Wildman–Crippen LogP) is 10.2. The van der Waals surface area contributed by atoms with Crippen molar-refractivity contribution in [3.63, 3.8) is 0 Å². The van der Waals surface area contributed by atoms with Crippen LogP contribution in [0.15, 0.2) is 44.6 Å². The molecule has 0 amide bonds. The minimum absolute atomic E-state index is 0.0923. The zero-order valence-electron chi connectivity index (χ0n) is 33.9. The molecule has 0 saturated heterocycles. The van der Waals surface area contributed by atoms with Gasteiger partial charge in [-0.3, -0.25) is 4.79 Å². The molecule has 0 spiro atoms. The maximum Gasteiger partial charge on any atom is 0.204 e. The van der Waals surface area contributed by atoms with Crippen molar-refractivity contribution in [2.75, 3.05) is 59.6 Å². The summed E-state index contributed by atoms with van der Waals surface area (Å²) in [4.78, 5) is 19.5. The van der Waals surface area contributed by atoms with E-state index < -0.39 is 0 Å². The number of hydrogen-bond acceptors (Lipinski definition) is 8. The molecule has 0 radical (unpaired) electrons. The molecule has 0 unspecified atom stereocenters. The molecular weight excluding hydrogens is 652 g/mol.